The molecule has 1 N–H and O–H groups in total. The van der Waals surface area contributed by atoms with Crippen LogP contribution in [0.15, 0.2) is 12.1 Å². The molecule has 20 heavy (non-hydrogen) atoms. The first-order valence-electron chi connectivity index (χ1n) is 6.64. The summed E-state index contributed by atoms with van der Waals surface area (Å²) >= 11 is 1.87. The van der Waals surface area contributed by atoms with E-state index in [9.17, 15) is 0 Å². The Kier molecular flexibility index (Phi) is 7.62. The molecule has 1 aromatic carbocycles. The lowest BCUT2D eigenvalue weighted by molar-refractivity contribution is 0.366. The van der Waals surface area contributed by atoms with Crippen LogP contribution in [-0.4, -0.2) is 39.9 Å². The summed E-state index contributed by atoms with van der Waals surface area (Å²) in [5.74, 6) is 4.10. The van der Waals surface area contributed by atoms with Gasteiger partial charge in [-0.15, -0.1) is 0 Å². The summed E-state index contributed by atoms with van der Waals surface area (Å²) in [4.78, 5) is 0. The Bertz CT molecular complexity index is 387. The molecule has 0 heterocycles. The van der Waals surface area contributed by atoms with E-state index in [2.05, 4.69) is 18.5 Å². The molecule has 5 heteroatoms. The molecule has 0 aliphatic carbocycles. The maximum absolute atomic E-state index is 5.43. The maximum atomic E-state index is 5.43. The van der Waals surface area contributed by atoms with Crippen LogP contribution < -0.4 is 19.5 Å². The number of hydrogen-bond acceptors (Lipinski definition) is 5. The van der Waals surface area contributed by atoms with E-state index in [0.29, 0.717) is 5.92 Å². The van der Waals surface area contributed by atoms with Gasteiger partial charge in [0, 0.05) is 18.7 Å². The highest BCUT2D eigenvalue weighted by Gasteiger charge is 2.13. The summed E-state index contributed by atoms with van der Waals surface area (Å²) < 4.78 is 16.1. The second kappa shape index (κ2) is 8.97. The zero-order valence-corrected chi connectivity index (χ0v) is 13.8. The molecular weight excluding hydrogens is 274 g/mol. The lowest BCUT2D eigenvalue weighted by atomic mass is 10.1. The summed E-state index contributed by atoms with van der Waals surface area (Å²) in [5.41, 5.74) is 1.02. The van der Waals surface area contributed by atoms with Gasteiger partial charge in [0.2, 0.25) is 0 Å². The maximum Gasteiger partial charge on any atom is 0.130 e. The SMILES string of the molecule is COc1cc(OC)c(CNCC(C)CSC)c(OC)c1. The molecule has 0 amide bonds. The van der Waals surface area contributed by atoms with Gasteiger partial charge < -0.3 is 19.5 Å². The number of ether oxygens (including phenoxy) is 3. The summed E-state index contributed by atoms with van der Waals surface area (Å²) in [6.07, 6.45) is 2.13. The van der Waals surface area contributed by atoms with Gasteiger partial charge >= 0.3 is 0 Å². The highest BCUT2D eigenvalue weighted by molar-refractivity contribution is 7.98. The lowest BCUT2D eigenvalue weighted by Gasteiger charge is -2.17. The van der Waals surface area contributed by atoms with Crippen LogP contribution >= 0.6 is 11.8 Å². The first kappa shape index (κ1) is 17.0. The van der Waals surface area contributed by atoms with E-state index >= 15 is 0 Å². The first-order valence-corrected chi connectivity index (χ1v) is 8.04. The molecule has 0 aliphatic heterocycles. The summed E-state index contributed by atoms with van der Waals surface area (Å²) in [5, 5.41) is 3.46. The van der Waals surface area contributed by atoms with Gasteiger partial charge in [-0.25, -0.2) is 0 Å². The molecule has 114 valence electrons. The molecule has 4 nitrogen and oxygen atoms in total. The van der Waals surface area contributed by atoms with Crippen LogP contribution in [0.2, 0.25) is 0 Å². The number of hydrogen-bond donors (Lipinski definition) is 1. The Morgan fingerprint density at radius 3 is 2.15 bits per heavy atom. The average molecular weight is 299 g/mol. The van der Waals surface area contributed by atoms with E-state index in [0.717, 1.165) is 41.7 Å². The second-order valence-electron chi connectivity index (χ2n) is 4.70. The van der Waals surface area contributed by atoms with E-state index in [1.807, 2.05) is 23.9 Å². The summed E-state index contributed by atoms with van der Waals surface area (Å²) in [7, 11) is 4.96. The Balaban J connectivity index is 2.77. The van der Waals surface area contributed by atoms with E-state index in [1.165, 1.54) is 0 Å². The minimum atomic E-state index is 0.639. The molecule has 0 aliphatic rings. The van der Waals surface area contributed by atoms with Crippen molar-refractivity contribution in [2.24, 2.45) is 5.92 Å². The Labute approximate surface area is 126 Å². The smallest absolute Gasteiger partial charge is 0.130 e. The zero-order chi connectivity index (χ0) is 15.0. The Morgan fingerprint density at radius 2 is 1.70 bits per heavy atom. The van der Waals surface area contributed by atoms with Gasteiger partial charge in [0.05, 0.1) is 26.9 Å². The minimum absolute atomic E-state index is 0.639. The van der Waals surface area contributed by atoms with Gasteiger partial charge in [0.1, 0.15) is 17.2 Å². The van der Waals surface area contributed by atoms with Crippen molar-refractivity contribution in [3.05, 3.63) is 17.7 Å². The molecule has 1 aromatic rings. The van der Waals surface area contributed by atoms with Crippen LogP contribution in [0.1, 0.15) is 12.5 Å². The summed E-state index contributed by atoms with van der Waals surface area (Å²) in [6, 6.07) is 3.76. The normalized spacial score (nSPS) is 12.1. The molecule has 0 saturated heterocycles. The molecule has 1 unspecified atom stereocenters. The average Bonchev–Trinajstić information content (AvgIpc) is 2.47. The molecule has 1 rings (SSSR count). The van der Waals surface area contributed by atoms with Crippen LogP contribution in [-0.2, 0) is 6.54 Å². The summed E-state index contributed by atoms with van der Waals surface area (Å²) in [6.45, 7) is 3.93. The highest BCUT2D eigenvalue weighted by atomic mass is 32.2. The van der Waals surface area contributed by atoms with Crippen LogP contribution in [0.5, 0.6) is 17.2 Å². The topological polar surface area (TPSA) is 39.7 Å². The number of nitrogens with one attached hydrogen (secondary N) is 1. The van der Waals surface area contributed by atoms with E-state index in [4.69, 9.17) is 14.2 Å². The fourth-order valence-electron chi connectivity index (χ4n) is 2.04. The molecule has 1 atom stereocenters. The van der Waals surface area contributed by atoms with Gasteiger partial charge in [-0.3, -0.25) is 0 Å². The zero-order valence-electron chi connectivity index (χ0n) is 13.0. The quantitative estimate of drug-likeness (QED) is 0.759. The number of benzene rings is 1. The van der Waals surface area contributed by atoms with Gasteiger partial charge in [-0.1, -0.05) is 6.92 Å². The van der Waals surface area contributed by atoms with Crippen LogP contribution in [0.4, 0.5) is 0 Å². The predicted octanol–water partition coefficient (Wildman–Crippen LogP) is 2.80. The highest BCUT2D eigenvalue weighted by Crippen LogP contribution is 2.33. The first-order chi connectivity index (χ1) is 9.65. The third-order valence-corrected chi connectivity index (χ3v) is 3.97. The lowest BCUT2D eigenvalue weighted by Crippen LogP contribution is -2.22. The van der Waals surface area contributed by atoms with Crippen molar-refractivity contribution in [3.8, 4) is 17.2 Å². The molecule has 0 bridgehead atoms. The van der Waals surface area contributed by atoms with Crippen molar-refractivity contribution >= 4 is 11.8 Å². The van der Waals surface area contributed by atoms with Gasteiger partial charge in [-0.05, 0) is 24.5 Å². The number of thioether (sulfide) groups is 1. The Morgan fingerprint density at radius 1 is 1.10 bits per heavy atom. The fourth-order valence-corrected chi connectivity index (χ4v) is 2.73. The molecule has 0 saturated carbocycles. The molecule has 0 fully saturated rings. The van der Waals surface area contributed by atoms with Gasteiger partial charge in [0.25, 0.3) is 0 Å². The largest absolute Gasteiger partial charge is 0.496 e. The molecule has 0 radical (unpaired) electrons. The van der Waals surface area contributed by atoms with Crippen molar-refractivity contribution in [1.82, 2.24) is 5.32 Å². The second-order valence-corrected chi connectivity index (χ2v) is 5.61. The van der Waals surface area contributed by atoms with Crippen molar-refractivity contribution in [1.29, 1.82) is 0 Å². The third kappa shape index (κ3) is 4.80. The Hall–Kier alpha value is -1.07. The van der Waals surface area contributed by atoms with Crippen molar-refractivity contribution in [2.75, 3.05) is 39.9 Å². The van der Waals surface area contributed by atoms with E-state index < -0.39 is 0 Å². The molecule has 0 aromatic heterocycles. The number of rotatable bonds is 9. The fraction of sp³-hybridized carbons (Fsp3) is 0.600. The van der Waals surface area contributed by atoms with E-state index in [1.54, 1.807) is 21.3 Å². The predicted molar refractivity (Wildman–Crippen MR) is 85.4 cm³/mol. The van der Waals surface area contributed by atoms with Crippen molar-refractivity contribution in [3.63, 3.8) is 0 Å². The van der Waals surface area contributed by atoms with Crippen LogP contribution in [0, 0.1) is 5.92 Å². The molecular formula is C15H25NO3S. The van der Waals surface area contributed by atoms with Gasteiger partial charge in [0.15, 0.2) is 0 Å². The van der Waals surface area contributed by atoms with E-state index in [-0.39, 0.29) is 0 Å². The number of methoxy groups -OCH3 is 3. The molecule has 0 spiro atoms. The minimum Gasteiger partial charge on any atom is -0.496 e. The standard InChI is InChI=1S/C15H25NO3S/c1-11(10-20-5)8-16-9-13-14(18-3)6-12(17-2)7-15(13)19-4/h6-7,11,16H,8-10H2,1-5H3. The third-order valence-electron chi connectivity index (χ3n) is 3.06. The van der Waals surface area contributed by atoms with Gasteiger partial charge in [-0.2, -0.15) is 11.8 Å². The monoisotopic (exact) mass is 299 g/mol. The van der Waals surface area contributed by atoms with Crippen molar-refractivity contribution in [2.45, 2.75) is 13.5 Å². The van der Waals surface area contributed by atoms with Crippen LogP contribution in [0.25, 0.3) is 0 Å². The van der Waals surface area contributed by atoms with Crippen molar-refractivity contribution < 1.29 is 14.2 Å². The van der Waals surface area contributed by atoms with Crippen LogP contribution in [0.3, 0.4) is 0 Å².